The Labute approximate surface area is 103 Å². The fourth-order valence-electron chi connectivity index (χ4n) is 1.22. The van der Waals surface area contributed by atoms with E-state index in [0.717, 1.165) is 5.56 Å². The molecule has 0 radical (unpaired) electrons. The summed E-state index contributed by atoms with van der Waals surface area (Å²) in [5, 5.41) is -1.36. The first-order valence-electron chi connectivity index (χ1n) is 5.02. The van der Waals surface area contributed by atoms with Crippen LogP contribution in [0.4, 0.5) is 18.9 Å². The Hall–Kier alpha value is -1.03. The predicted molar refractivity (Wildman–Crippen MR) is 64.1 cm³/mol. The van der Waals surface area contributed by atoms with Crippen molar-refractivity contribution < 1.29 is 13.2 Å². The van der Waals surface area contributed by atoms with Gasteiger partial charge in [0.1, 0.15) is 0 Å². The molecule has 0 saturated carbocycles. The number of benzene rings is 1. The molecule has 0 atom stereocenters. The van der Waals surface area contributed by atoms with E-state index in [2.05, 4.69) is 4.99 Å². The maximum absolute atomic E-state index is 12.2. The van der Waals surface area contributed by atoms with E-state index in [9.17, 15) is 13.2 Å². The third-order valence-electron chi connectivity index (χ3n) is 2.17. The lowest BCUT2D eigenvalue weighted by atomic mass is 9.87. The van der Waals surface area contributed by atoms with Crippen molar-refractivity contribution >= 4 is 22.5 Å². The summed E-state index contributed by atoms with van der Waals surface area (Å²) in [7, 11) is 0. The van der Waals surface area contributed by atoms with Crippen molar-refractivity contribution in [1.82, 2.24) is 0 Å². The first-order valence-corrected chi connectivity index (χ1v) is 5.40. The van der Waals surface area contributed by atoms with Gasteiger partial charge in [0.15, 0.2) is 0 Å². The van der Waals surface area contributed by atoms with Gasteiger partial charge in [0.25, 0.3) is 0 Å². The van der Waals surface area contributed by atoms with Crippen LogP contribution in [0.5, 0.6) is 0 Å². The monoisotopic (exact) mass is 263 g/mol. The Kier molecular flexibility index (Phi) is 3.87. The van der Waals surface area contributed by atoms with Gasteiger partial charge in [-0.3, -0.25) is 0 Å². The van der Waals surface area contributed by atoms with Crippen molar-refractivity contribution in [3.05, 3.63) is 29.8 Å². The highest BCUT2D eigenvalue weighted by molar-refractivity contribution is 6.67. The van der Waals surface area contributed by atoms with Gasteiger partial charge in [0.05, 0.1) is 5.69 Å². The highest BCUT2D eigenvalue weighted by atomic mass is 35.5. The number of hydrogen-bond donors (Lipinski definition) is 0. The normalized spacial score (nSPS) is 13.9. The summed E-state index contributed by atoms with van der Waals surface area (Å²) in [5.41, 5.74) is 0.973. The molecule has 5 heteroatoms. The molecule has 0 aliphatic carbocycles. The molecule has 1 nitrogen and oxygen atoms in total. The molecule has 0 bridgehead atoms. The van der Waals surface area contributed by atoms with Crippen LogP contribution in [0.25, 0.3) is 0 Å². The van der Waals surface area contributed by atoms with Crippen molar-refractivity contribution in [2.75, 3.05) is 0 Å². The zero-order chi connectivity index (χ0) is 13.3. The van der Waals surface area contributed by atoms with Crippen LogP contribution in [0, 0.1) is 0 Å². The Morgan fingerprint density at radius 1 is 1.18 bits per heavy atom. The van der Waals surface area contributed by atoms with Crippen molar-refractivity contribution in [3.8, 4) is 0 Å². The molecule has 0 saturated heterocycles. The summed E-state index contributed by atoms with van der Waals surface area (Å²) in [6.07, 6.45) is -4.60. The Morgan fingerprint density at radius 3 is 2.24 bits per heavy atom. The second kappa shape index (κ2) is 4.69. The fraction of sp³-hybridized carbons (Fsp3) is 0.417. The first kappa shape index (κ1) is 14.0. The summed E-state index contributed by atoms with van der Waals surface area (Å²) in [5.74, 6) is 0. The minimum atomic E-state index is -4.60. The minimum Gasteiger partial charge on any atom is -0.232 e. The van der Waals surface area contributed by atoms with E-state index in [1.807, 2.05) is 26.8 Å². The number of rotatable bonds is 1. The van der Waals surface area contributed by atoms with Crippen molar-refractivity contribution in [2.24, 2.45) is 4.99 Å². The van der Waals surface area contributed by atoms with Gasteiger partial charge in [0, 0.05) is 0 Å². The summed E-state index contributed by atoms with van der Waals surface area (Å²) >= 11 is 5.08. The number of hydrogen-bond acceptors (Lipinski definition) is 1. The summed E-state index contributed by atoms with van der Waals surface area (Å²) in [4.78, 5) is 3.36. The zero-order valence-corrected chi connectivity index (χ0v) is 10.5. The van der Waals surface area contributed by atoms with E-state index in [1.54, 1.807) is 12.1 Å². The molecule has 0 aliphatic heterocycles. The van der Waals surface area contributed by atoms with Gasteiger partial charge in [-0.15, -0.1) is 0 Å². The predicted octanol–water partition coefficient (Wildman–Crippen LogP) is 4.82. The molecular formula is C12H13ClF3N. The lowest BCUT2D eigenvalue weighted by molar-refractivity contribution is -0.0558. The molecule has 0 amide bonds. The summed E-state index contributed by atoms with van der Waals surface area (Å²) < 4.78 is 36.6. The van der Waals surface area contributed by atoms with E-state index in [0.29, 0.717) is 0 Å². The van der Waals surface area contributed by atoms with Gasteiger partial charge in [-0.05, 0) is 23.1 Å². The van der Waals surface area contributed by atoms with Crippen LogP contribution in [0.15, 0.2) is 29.3 Å². The van der Waals surface area contributed by atoms with Crippen molar-refractivity contribution in [1.29, 1.82) is 0 Å². The van der Waals surface area contributed by atoms with Gasteiger partial charge in [-0.2, -0.15) is 13.2 Å². The molecule has 0 aromatic heterocycles. The molecule has 0 heterocycles. The third kappa shape index (κ3) is 4.04. The van der Waals surface area contributed by atoms with Crippen molar-refractivity contribution in [2.45, 2.75) is 32.4 Å². The van der Waals surface area contributed by atoms with Gasteiger partial charge >= 0.3 is 6.18 Å². The van der Waals surface area contributed by atoms with Gasteiger partial charge in [-0.1, -0.05) is 44.5 Å². The van der Waals surface area contributed by atoms with Gasteiger partial charge in [0.2, 0.25) is 5.17 Å². The standard InChI is InChI=1S/C12H13ClF3N/c1-11(2,3)8-5-4-6-9(7-8)17-10(13)12(14,15)16/h4-7H,1-3H3. The number of halogens is 4. The van der Waals surface area contributed by atoms with Crippen LogP contribution in [-0.2, 0) is 5.41 Å². The van der Waals surface area contributed by atoms with Crippen LogP contribution in [0.3, 0.4) is 0 Å². The number of nitrogens with zero attached hydrogens (tertiary/aromatic N) is 1. The second-order valence-electron chi connectivity index (χ2n) is 4.70. The molecule has 0 unspecified atom stereocenters. The lowest BCUT2D eigenvalue weighted by Gasteiger charge is -2.19. The smallest absolute Gasteiger partial charge is 0.232 e. The van der Waals surface area contributed by atoms with Crippen molar-refractivity contribution in [3.63, 3.8) is 0 Å². The summed E-state index contributed by atoms with van der Waals surface area (Å²) in [6, 6.07) is 6.61. The molecule has 0 spiro atoms. The SMILES string of the molecule is CC(C)(C)c1cccc(N=C(Cl)C(F)(F)F)c1. The second-order valence-corrected chi connectivity index (χ2v) is 5.06. The number of alkyl halides is 3. The first-order chi connectivity index (χ1) is 7.60. The van der Waals surface area contributed by atoms with Crippen LogP contribution in [0.1, 0.15) is 26.3 Å². The summed E-state index contributed by atoms with van der Waals surface area (Å²) in [6.45, 7) is 5.92. The topological polar surface area (TPSA) is 12.4 Å². The number of aliphatic imine (C=N–C) groups is 1. The van der Waals surface area contributed by atoms with Gasteiger partial charge in [-0.25, -0.2) is 4.99 Å². The molecule has 1 aromatic carbocycles. The molecular weight excluding hydrogens is 251 g/mol. The van der Waals surface area contributed by atoms with E-state index in [4.69, 9.17) is 11.6 Å². The highest BCUT2D eigenvalue weighted by Crippen LogP contribution is 2.28. The van der Waals surface area contributed by atoms with E-state index >= 15 is 0 Å². The van der Waals surface area contributed by atoms with E-state index in [-0.39, 0.29) is 11.1 Å². The molecule has 0 aliphatic rings. The Bertz CT molecular complexity index is 430. The average molecular weight is 264 g/mol. The Balaban J connectivity index is 3.10. The molecule has 0 N–H and O–H groups in total. The van der Waals surface area contributed by atoms with Crippen LogP contribution in [0.2, 0.25) is 0 Å². The molecule has 17 heavy (non-hydrogen) atoms. The van der Waals surface area contributed by atoms with Crippen LogP contribution >= 0.6 is 11.6 Å². The quantitative estimate of drug-likeness (QED) is 0.645. The van der Waals surface area contributed by atoms with E-state index < -0.39 is 11.3 Å². The Morgan fingerprint density at radius 2 is 1.76 bits per heavy atom. The largest absolute Gasteiger partial charge is 0.444 e. The van der Waals surface area contributed by atoms with Crippen LogP contribution < -0.4 is 0 Å². The molecule has 94 valence electrons. The maximum atomic E-state index is 12.2. The minimum absolute atomic E-state index is 0.143. The lowest BCUT2D eigenvalue weighted by Crippen LogP contribution is -2.16. The van der Waals surface area contributed by atoms with Crippen LogP contribution in [-0.4, -0.2) is 11.3 Å². The molecule has 1 aromatic rings. The highest BCUT2D eigenvalue weighted by Gasteiger charge is 2.34. The molecule has 0 fully saturated rings. The van der Waals surface area contributed by atoms with E-state index in [1.165, 1.54) is 6.07 Å². The average Bonchev–Trinajstić information content (AvgIpc) is 2.15. The van der Waals surface area contributed by atoms with Gasteiger partial charge < -0.3 is 0 Å². The molecule has 1 rings (SSSR count). The zero-order valence-electron chi connectivity index (χ0n) is 9.77. The third-order valence-corrected chi connectivity index (χ3v) is 2.47. The maximum Gasteiger partial charge on any atom is 0.444 e. The fourth-order valence-corrected chi connectivity index (χ4v) is 1.32.